The predicted molar refractivity (Wildman–Crippen MR) is 77.1 cm³/mol. The van der Waals surface area contributed by atoms with Gasteiger partial charge >= 0.3 is 0 Å². The van der Waals surface area contributed by atoms with E-state index in [9.17, 15) is 0 Å². The largest absolute Gasteiger partial charge is 0.495 e. The van der Waals surface area contributed by atoms with Gasteiger partial charge in [0, 0.05) is 6.20 Å². The van der Waals surface area contributed by atoms with E-state index in [-0.39, 0.29) is 11.4 Å². The van der Waals surface area contributed by atoms with Crippen LogP contribution in [0.3, 0.4) is 0 Å². The first-order valence-electron chi connectivity index (χ1n) is 5.30. The Kier molecular flexibility index (Phi) is 4.55. The number of H-pyrrole nitrogens is 1. The van der Waals surface area contributed by atoms with Gasteiger partial charge in [-0.2, -0.15) is 10.5 Å². The molecule has 0 amide bonds. The second-order valence-electron chi connectivity index (χ2n) is 3.49. The summed E-state index contributed by atoms with van der Waals surface area (Å²) in [7, 11) is 1.55. The van der Waals surface area contributed by atoms with Crippen LogP contribution in [0.4, 0.5) is 5.69 Å². The van der Waals surface area contributed by atoms with E-state index in [1.165, 1.54) is 6.20 Å². The molecule has 0 bridgehead atoms. The standard InChI is InChI=1S/C11H8BrClN6O/c1-20-8-3-2-7(13)10(9(8)12)15-5-6(4-14)11-16-18-19-17-11/h2-3,5,15H,1H3,(H,16,17,18,19). The second kappa shape index (κ2) is 6.36. The molecule has 1 heterocycles. The third kappa shape index (κ3) is 2.89. The molecule has 0 aliphatic rings. The Morgan fingerprint density at radius 3 is 3.00 bits per heavy atom. The Morgan fingerprint density at radius 2 is 2.40 bits per heavy atom. The van der Waals surface area contributed by atoms with Crippen molar-refractivity contribution < 1.29 is 4.74 Å². The van der Waals surface area contributed by atoms with Crippen molar-refractivity contribution in [1.82, 2.24) is 20.6 Å². The third-order valence-corrected chi connectivity index (χ3v) is 3.45. The van der Waals surface area contributed by atoms with E-state index < -0.39 is 0 Å². The van der Waals surface area contributed by atoms with Gasteiger partial charge in [-0.3, -0.25) is 0 Å². The predicted octanol–water partition coefficient (Wildman–Crippen LogP) is 2.60. The van der Waals surface area contributed by atoms with E-state index in [0.29, 0.717) is 20.9 Å². The Morgan fingerprint density at radius 1 is 1.60 bits per heavy atom. The van der Waals surface area contributed by atoms with Gasteiger partial charge in [0.15, 0.2) is 0 Å². The van der Waals surface area contributed by atoms with Crippen molar-refractivity contribution in [2.75, 3.05) is 12.4 Å². The van der Waals surface area contributed by atoms with Gasteiger partial charge in [0.1, 0.15) is 17.4 Å². The average Bonchev–Trinajstić information content (AvgIpc) is 2.97. The fourth-order valence-electron chi connectivity index (χ4n) is 1.39. The second-order valence-corrected chi connectivity index (χ2v) is 4.69. The fraction of sp³-hybridized carbons (Fsp3) is 0.0909. The quantitative estimate of drug-likeness (QED) is 0.818. The van der Waals surface area contributed by atoms with Crippen LogP contribution in [0.5, 0.6) is 5.75 Å². The van der Waals surface area contributed by atoms with Crippen LogP contribution in [-0.4, -0.2) is 27.7 Å². The van der Waals surface area contributed by atoms with Gasteiger partial charge < -0.3 is 10.1 Å². The van der Waals surface area contributed by atoms with Crippen LogP contribution in [0.25, 0.3) is 5.57 Å². The molecule has 9 heteroatoms. The molecule has 0 atom stereocenters. The number of nitrogens with one attached hydrogen (secondary N) is 2. The van der Waals surface area contributed by atoms with Crippen LogP contribution in [0.15, 0.2) is 22.8 Å². The normalized spacial score (nSPS) is 11.0. The molecule has 1 aromatic heterocycles. The molecule has 0 fully saturated rings. The first-order chi connectivity index (χ1) is 9.67. The molecule has 0 saturated heterocycles. The third-order valence-electron chi connectivity index (χ3n) is 2.34. The van der Waals surface area contributed by atoms with E-state index >= 15 is 0 Å². The molecule has 7 nitrogen and oxygen atoms in total. The molecule has 0 unspecified atom stereocenters. The number of nitriles is 1. The summed E-state index contributed by atoms with van der Waals surface area (Å²) >= 11 is 9.48. The lowest BCUT2D eigenvalue weighted by molar-refractivity contribution is 0.412. The zero-order valence-electron chi connectivity index (χ0n) is 10.2. The number of hydrogen-bond donors (Lipinski definition) is 2. The molecule has 0 aliphatic carbocycles. The van der Waals surface area contributed by atoms with E-state index in [1.54, 1.807) is 19.2 Å². The van der Waals surface area contributed by atoms with Crippen LogP contribution in [0, 0.1) is 11.3 Å². The van der Waals surface area contributed by atoms with Gasteiger partial charge in [-0.25, -0.2) is 0 Å². The van der Waals surface area contributed by atoms with E-state index in [1.807, 2.05) is 6.07 Å². The average molecular weight is 356 g/mol. The Bertz CT molecular complexity index is 679. The molecule has 102 valence electrons. The van der Waals surface area contributed by atoms with Crippen molar-refractivity contribution in [2.24, 2.45) is 0 Å². The lowest BCUT2D eigenvalue weighted by Gasteiger charge is -2.10. The van der Waals surface area contributed by atoms with Crippen molar-refractivity contribution in [3.05, 3.63) is 33.7 Å². The first-order valence-corrected chi connectivity index (χ1v) is 6.47. The lowest BCUT2D eigenvalue weighted by Crippen LogP contribution is -1.96. The van der Waals surface area contributed by atoms with E-state index in [2.05, 4.69) is 41.9 Å². The summed E-state index contributed by atoms with van der Waals surface area (Å²) in [6.45, 7) is 0. The zero-order chi connectivity index (χ0) is 14.5. The number of tetrazole rings is 1. The molecule has 2 rings (SSSR count). The van der Waals surface area contributed by atoms with Crippen molar-refractivity contribution in [3.63, 3.8) is 0 Å². The number of rotatable bonds is 4. The summed E-state index contributed by atoms with van der Waals surface area (Å²) in [4.78, 5) is 0. The van der Waals surface area contributed by atoms with Gasteiger partial charge in [-0.15, -0.1) is 10.2 Å². The van der Waals surface area contributed by atoms with Crippen molar-refractivity contribution in [1.29, 1.82) is 5.26 Å². The number of halogens is 2. The van der Waals surface area contributed by atoms with Gasteiger partial charge in [0.2, 0.25) is 5.82 Å². The minimum Gasteiger partial charge on any atom is -0.495 e. The Labute approximate surface area is 127 Å². The van der Waals surface area contributed by atoms with Crippen molar-refractivity contribution in [2.45, 2.75) is 0 Å². The highest BCUT2D eigenvalue weighted by molar-refractivity contribution is 9.10. The fourth-order valence-corrected chi connectivity index (χ4v) is 2.34. The van der Waals surface area contributed by atoms with Gasteiger partial charge in [0.05, 0.1) is 22.3 Å². The SMILES string of the molecule is COc1ccc(Cl)c(NC=C(C#N)c2nn[nH]n2)c1Br. The molecule has 20 heavy (non-hydrogen) atoms. The number of benzene rings is 1. The number of nitrogens with zero attached hydrogens (tertiary/aromatic N) is 4. The summed E-state index contributed by atoms with van der Waals surface area (Å²) in [5.74, 6) is 0.804. The van der Waals surface area contributed by atoms with Gasteiger partial charge in [-0.1, -0.05) is 11.6 Å². The van der Waals surface area contributed by atoms with Crippen molar-refractivity contribution in [3.8, 4) is 11.8 Å². The van der Waals surface area contributed by atoms with Crippen molar-refractivity contribution >= 4 is 38.8 Å². The molecule has 0 spiro atoms. The lowest BCUT2D eigenvalue weighted by atomic mass is 10.2. The zero-order valence-corrected chi connectivity index (χ0v) is 12.5. The van der Waals surface area contributed by atoms with E-state index in [4.69, 9.17) is 21.6 Å². The molecule has 0 saturated carbocycles. The first kappa shape index (κ1) is 14.3. The minimum atomic E-state index is 0.190. The summed E-state index contributed by atoms with van der Waals surface area (Å²) in [5.41, 5.74) is 0.784. The van der Waals surface area contributed by atoms with Crippen LogP contribution < -0.4 is 10.1 Å². The topological polar surface area (TPSA) is 99.5 Å². The summed E-state index contributed by atoms with van der Waals surface area (Å²) < 4.78 is 5.82. The van der Waals surface area contributed by atoms with Crippen LogP contribution in [0.1, 0.15) is 5.82 Å². The summed E-state index contributed by atoms with van der Waals surface area (Å²) in [6.07, 6.45) is 1.44. The highest BCUT2D eigenvalue weighted by atomic mass is 79.9. The number of anilines is 1. The maximum Gasteiger partial charge on any atom is 0.216 e. The molecular weight excluding hydrogens is 348 g/mol. The summed E-state index contributed by atoms with van der Waals surface area (Å²) in [6, 6.07) is 5.38. The summed E-state index contributed by atoms with van der Waals surface area (Å²) in [5, 5.41) is 25.6. The minimum absolute atomic E-state index is 0.190. The van der Waals surface area contributed by atoms with Gasteiger partial charge in [0.25, 0.3) is 0 Å². The number of methoxy groups -OCH3 is 1. The van der Waals surface area contributed by atoms with Crippen LogP contribution in [0.2, 0.25) is 5.02 Å². The smallest absolute Gasteiger partial charge is 0.216 e. The van der Waals surface area contributed by atoms with Crippen LogP contribution >= 0.6 is 27.5 Å². The van der Waals surface area contributed by atoms with E-state index in [0.717, 1.165) is 0 Å². The highest BCUT2D eigenvalue weighted by Gasteiger charge is 2.11. The molecule has 1 aromatic carbocycles. The Hall–Kier alpha value is -2.11. The number of ether oxygens (including phenoxy) is 1. The molecular formula is C11H8BrClN6O. The number of aromatic amines is 1. The number of aromatic nitrogens is 4. The monoisotopic (exact) mass is 354 g/mol. The molecule has 0 radical (unpaired) electrons. The highest BCUT2D eigenvalue weighted by Crippen LogP contribution is 2.38. The molecule has 0 aliphatic heterocycles. The molecule has 2 aromatic rings. The molecule has 2 N–H and O–H groups in total. The van der Waals surface area contributed by atoms with Gasteiger partial charge in [-0.05, 0) is 33.3 Å². The number of hydrogen-bond acceptors (Lipinski definition) is 6. The maximum atomic E-state index is 9.07. The number of allylic oxidation sites excluding steroid dienone is 1. The van der Waals surface area contributed by atoms with Crippen LogP contribution in [-0.2, 0) is 0 Å². The maximum absolute atomic E-state index is 9.07. The Balaban J connectivity index is 2.33.